The monoisotopic (exact) mass is 377 g/mol. The summed E-state index contributed by atoms with van der Waals surface area (Å²) in [5, 5.41) is 0. The average Bonchev–Trinajstić information content (AvgIpc) is 2.90. The molecule has 3 heterocycles. The Labute approximate surface area is 153 Å². The van der Waals surface area contributed by atoms with Crippen molar-refractivity contribution in [2.24, 2.45) is 0 Å². The molecule has 1 amide bonds. The van der Waals surface area contributed by atoms with Crippen LogP contribution in [0.5, 0.6) is 0 Å². The summed E-state index contributed by atoms with van der Waals surface area (Å²) in [6, 6.07) is 6.94. The number of nitrogens with zero attached hydrogens (tertiary/aromatic N) is 3. The first-order valence-electron chi connectivity index (χ1n) is 8.89. The fourth-order valence-corrected chi connectivity index (χ4v) is 5.51. The van der Waals surface area contributed by atoms with Gasteiger partial charge < -0.3 is 19.4 Å². The lowest BCUT2D eigenvalue weighted by Crippen LogP contribution is -2.45. The summed E-state index contributed by atoms with van der Waals surface area (Å²) in [6.45, 7) is 4.81. The largest absolute Gasteiger partial charge is 0.378 e. The van der Waals surface area contributed by atoms with Crippen molar-refractivity contribution in [3.63, 3.8) is 0 Å². The summed E-state index contributed by atoms with van der Waals surface area (Å²) >= 11 is 0. The molecule has 0 radical (unpaired) electrons. The summed E-state index contributed by atoms with van der Waals surface area (Å²) < 4.78 is 31.7. The number of sulfone groups is 1. The highest BCUT2D eigenvalue weighted by molar-refractivity contribution is 7.97. The molecule has 2 saturated heterocycles. The number of fused-ring (bicyclic) bond motifs is 1. The van der Waals surface area contributed by atoms with E-state index in [0.717, 1.165) is 13.1 Å². The zero-order valence-corrected chi connectivity index (χ0v) is 15.7. The second-order valence-corrected chi connectivity index (χ2v) is 8.73. The molecule has 8 heteroatoms. The number of hydrogen-bond donors (Lipinski definition) is 0. The number of likely N-dealkylation sites (N-methyl/N-ethyl adjacent to an activating group) is 1. The minimum atomic E-state index is -3.81. The van der Waals surface area contributed by atoms with E-state index in [1.807, 2.05) is 13.1 Å². The number of morpholine rings is 1. The summed E-state index contributed by atoms with van der Waals surface area (Å²) in [6.07, 6.45) is 0. The number of piperazine rings is 1. The van der Waals surface area contributed by atoms with Crippen LogP contribution < -0.4 is 0 Å². The van der Waals surface area contributed by atoms with Gasteiger partial charge >= 0.3 is 0 Å². The molecule has 0 N–H and O–H groups in total. The molecule has 0 unspecified atom stereocenters. The van der Waals surface area contributed by atoms with E-state index in [9.17, 15) is 13.2 Å². The topological polar surface area (TPSA) is 70.2 Å². The van der Waals surface area contributed by atoms with Gasteiger partial charge in [-0.15, -0.1) is 0 Å². The van der Waals surface area contributed by atoms with Crippen molar-refractivity contribution in [3.05, 3.63) is 34.7 Å². The van der Waals surface area contributed by atoms with Crippen molar-refractivity contribution in [2.75, 3.05) is 59.5 Å². The van der Waals surface area contributed by atoms with E-state index in [1.54, 1.807) is 23.1 Å². The number of hydrogen-bond acceptors (Lipinski definition) is 6. The van der Waals surface area contributed by atoms with Gasteiger partial charge in [0.1, 0.15) is 0 Å². The molecule has 0 saturated carbocycles. The molecule has 1 aromatic rings. The van der Waals surface area contributed by atoms with Crippen molar-refractivity contribution < 1.29 is 17.9 Å². The molecule has 0 atom stereocenters. The highest BCUT2D eigenvalue weighted by atomic mass is 32.2. The number of carbonyl (C=O) groups excluding carboxylic acids is 1. The van der Waals surface area contributed by atoms with Crippen LogP contribution in [0.4, 0.5) is 0 Å². The lowest BCUT2D eigenvalue weighted by molar-refractivity contribution is -0.130. The summed E-state index contributed by atoms with van der Waals surface area (Å²) in [5.74, 6) is -0.404. The van der Waals surface area contributed by atoms with Gasteiger partial charge in [0.15, 0.2) is 4.91 Å². The van der Waals surface area contributed by atoms with Gasteiger partial charge in [-0.3, -0.25) is 4.79 Å². The van der Waals surface area contributed by atoms with Gasteiger partial charge in [0.05, 0.1) is 23.8 Å². The quantitative estimate of drug-likeness (QED) is 0.736. The van der Waals surface area contributed by atoms with Crippen LogP contribution in [0.2, 0.25) is 0 Å². The maximum Gasteiger partial charge on any atom is 0.268 e. The third-order valence-electron chi connectivity index (χ3n) is 5.23. The molecule has 3 aliphatic rings. The van der Waals surface area contributed by atoms with Crippen LogP contribution in [0.25, 0.3) is 5.70 Å². The fourth-order valence-electron chi connectivity index (χ4n) is 3.73. The number of benzene rings is 1. The van der Waals surface area contributed by atoms with E-state index in [1.165, 1.54) is 0 Å². The molecule has 140 valence electrons. The number of carbonyl (C=O) groups is 1. The lowest BCUT2D eigenvalue weighted by atomic mass is 10.1. The Bertz CT molecular complexity index is 851. The molecule has 1 aromatic carbocycles. The molecule has 2 fully saturated rings. The number of amides is 1. The predicted molar refractivity (Wildman–Crippen MR) is 97.0 cm³/mol. The Morgan fingerprint density at radius 1 is 1.00 bits per heavy atom. The molecule has 0 spiro atoms. The van der Waals surface area contributed by atoms with E-state index in [0.29, 0.717) is 50.7 Å². The average molecular weight is 377 g/mol. The van der Waals surface area contributed by atoms with Gasteiger partial charge in [0.2, 0.25) is 9.84 Å². The Hall–Kier alpha value is -1.90. The van der Waals surface area contributed by atoms with Gasteiger partial charge in [0.25, 0.3) is 5.91 Å². The van der Waals surface area contributed by atoms with Crippen LogP contribution in [0.3, 0.4) is 0 Å². The molecule has 4 rings (SSSR count). The van der Waals surface area contributed by atoms with E-state index in [4.69, 9.17) is 4.74 Å². The summed E-state index contributed by atoms with van der Waals surface area (Å²) in [4.78, 5) is 19.2. The maximum absolute atomic E-state index is 13.2. The van der Waals surface area contributed by atoms with Crippen LogP contribution >= 0.6 is 0 Å². The van der Waals surface area contributed by atoms with E-state index >= 15 is 0 Å². The summed E-state index contributed by atoms with van der Waals surface area (Å²) in [7, 11) is -1.77. The van der Waals surface area contributed by atoms with Crippen LogP contribution in [0.15, 0.2) is 34.1 Å². The lowest BCUT2D eigenvalue weighted by Gasteiger charge is -2.35. The number of rotatable bonds is 2. The van der Waals surface area contributed by atoms with Crippen LogP contribution in [0, 0.1) is 0 Å². The third-order valence-corrected chi connectivity index (χ3v) is 7.07. The van der Waals surface area contributed by atoms with Crippen molar-refractivity contribution in [3.8, 4) is 0 Å². The Morgan fingerprint density at radius 2 is 1.65 bits per heavy atom. The highest BCUT2D eigenvalue weighted by Gasteiger charge is 2.43. The second kappa shape index (κ2) is 6.68. The number of ether oxygens (including phenoxy) is 1. The Balaban J connectivity index is 1.82. The van der Waals surface area contributed by atoms with Gasteiger partial charge in [-0.1, -0.05) is 18.2 Å². The van der Waals surface area contributed by atoms with Crippen molar-refractivity contribution in [2.45, 2.75) is 4.90 Å². The first kappa shape index (κ1) is 17.5. The molecule has 7 nitrogen and oxygen atoms in total. The highest BCUT2D eigenvalue weighted by Crippen LogP contribution is 2.42. The third kappa shape index (κ3) is 2.82. The minimum Gasteiger partial charge on any atom is -0.378 e. The molecule has 0 aromatic heterocycles. The van der Waals surface area contributed by atoms with E-state index in [2.05, 4.69) is 9.80 Å². The normalized spacial score (nSPS) is 23.3. The zero-order chi connectivity index (χ0) is 18.3. The maximum atomic E-state index is 13.2. The smallest absolute Gasteiger partial charge is 0.268 e. The van der Waals surface area contributed by atoms with Gasteiger partial charge in [0, 0.05) is 44.8 Å². The van der Waals surface area contributed by atoms with Crippen molar-refractivity contribution in [1.82, 2.24) is 14.7 Å². The van der Waals surface area contributed by atoms with Crippen molar-refractivity contribution >= 4 is 21.4 Å². The molecular formula is C18H23N3O4S. The van der Waals surface area contributed by atoms with Gasteiger partial charge in [-0.05, 0) is 13.1 Å². The van der Waals surface area contributed by atoms with E-state index < -0.39 is 15.7 Å². The minimum absolute atomic E-state index is 0.0647. The predicted octanol–water partition coefficient (Wildman–Crippen LogP) is 0.249. The Morgan fingerprint density at radius 3 is 2.35 bits per heavy atom. The van der Waals surface area contributed by atoms with Gasteiger partial charge in [-0.2, -0.15) is 0 Å². The fraction of sp³-hybridized carbons (Fsp3) is 0.500. The second-order valence-electron chi connectivity index (χ2n) is 6.87. The van der Waals surface area contributed by atoms with Crippen molar-refractivity contribution in [1.29, 1.82) is 0 Å². The van der Waals surface area contributed by atoms with Crippen LogP contribution in [-0.2, 0) is 19.4 Å². The molecular weight excluding hydrogens is 354 g/mol. The molecule has 0 aliphatic carbocycles. The van der Waals surface area contributed by atoms with Crippen LogP contribution in [-0.4, -0.2) is 88.6 Å². The SMILES string of the molecule is CN1CCN(C2=C(C(=O)N3CCOCC3)S(=O)(=O)c3ccccc32)CC1. The summed E-state index contributed by atoms with van der Waals surface area (Å²) in [5.41, 5.74) is 1.22. The molecule has 26 heavy (non-hydrogen) atoms. The Kier molecular flexibility index (Phi) is 4.50. The van der Waals surface area contributed by atoms with E-state index in [-0.39, 0.29) is 9.80 Å². The molecule has 0 bridgehead atoms. The van der Waals surface area contributed by atoms with Crippen LogP contribution in [0.1, 0.15) is 5.56 Å². The van der Waals surface area contributed by atoms with Gasteiger partial charge in [-0.25, -0.2) is 8.42 Å². The zero-order valence-electron chi connectivity index (χ0n) is 14.8. The first-order chi connectivity index (χ1) is 12.5. The first-order valence-corrected chi connectivity index (χ1v) is 10.4. The standard InChI is InChI=1S/C18H23N3O4S/c1-19-6-8-20(9-7-19)16-14-4-2-3-5-15(14)26(23,24)17(16)18(22)21-10-12-25-13-11-21/h2-5H,6-13H2,1H3. The molecule has 3 aliphatic heterocycles.